The molecular weight excluding hydrogens is 190 g/mol. The molecule has 1 heterocycles. The van der Waals surface area contributed by atoms with E-state index in [-0.39, 0.29) is 0 Å². The van der Waals surface area contributed by atoms with Gasteiger partial charge in [0.25, 0.3) is 0 Å². The standard InChI is InChI=1S/C10H7NS.C2H6/c1-7-4-9-5-8(6-11)2-3-10(9)12-7;1-2/h2-5H,1H3;1-2H3. The van der Waals surface area contributed by atoms with Crippen molar-refractivity contribution in [2.45, 2.75) is 20.8 Å². The fraction of sp³-hybridized carbons (Fsp3) is 0.250. The molecule has 0 saturated carbocycles. The van der Waals surface area contributed by atoms with Crippen LogP contribution in [0.2, 0.25) is 0 Å². The summed E-state index contributed by atoms with van der Waals surface area (Å²) >= 11 is 1.76. The molecule has 0 aliphatic heterocycles. The molecule has 0 N–H and O–H groups in total. The van der Waals surface area contributed by atoms with Crippen LogP contribution < -0.4 is 0 Å². The van der Waals surface area contributed by atoms with E-state index in [2.05, 4.69) is 19.1 Å². The van der Waals surface area contributed by atoms with Crippen molar-refractivity contribution in [1.82, 2.24) is 0 Å². The Bertz CT molecular complexity index is 463. The average Bonchev–Trinajstić information content (AvgIpc) is 2.59. The second-order valence-electron chi connectivity index (χ2n) is 2.72. The summed E-state index contributed by atoms with van der Waals surface area (Å²) in [6, 6.07) is 10.0. The molecule has 2 heteroatoms. The first-order chi connectivity index (χ1) is 6.79. The minimum atomic E-state index is 0.736. The summed E-state index contributed by atoms with van der Waals surface area (Å²) in [6.07, 6.45) is 0. The summed E-state index contributed by atoms with van der Waals surface area (Å²) in [4.78, 5) is 1.29. The number of hydrogen-bond acceptors (Lipinski definition) is 2. The first-order valence-corrected chi connectivity index (χ1v) is 5.51. The van der Waals surface area contributed by atoms with Crippen molar-refractivity contribution < 1.29 is 0 Å². The van der Waals surface area contributed by atoms with E-state index in [1.165, 1.54) is 15.0 Å². The first kappa shape index (κ1) is 10.7. The molecule has 2 aromatic rings. The summed E-state index contributed by atoms with van der Waals surface area (Å²) in [5, 5.41) is 9.83. The topological polar surface area (TPSA) is 23.8 Å². The van der Waals surface area contributed by atoms with Crippen LogP contribution in [0.3, 0.4) is 0 Å². The van der Waals surface area contributed by atoms with Gasteiger partial charge in [-0.15, -0.1) is 11.3 Å². The maximum Gasteiger partial charge on any atom is 0.0991 e. The summed E-state index contributed by atoms with van der Waals surface area (Å²) in [6.45, 7) is 6.08. The number of rotatable bonds is 0. The van der Waals surface area contributed by atoms with Gasteiger partial charge >= 0.3 is 0 Å². The molecule has 1 nitrogen and oxygen atoms in total. The molecule has 0 aliphatic carbocycles. The number of aryl methyl sites for hydroxylation is 1. The third-order valence-corrected chi connectivity index (χ3v) is 2.80. The Morgan fingerprint density at radius 3 is 2.57 bits per heavy atom. The predicted octanol–water partition coefficient (Wildman–Crippen LogP) is 4.11. The lowest BCUT2D eigenvalue weighted by molar-refractivity contribution is 1.50. The maximum atomic E-state index is 8.66. The highest BCUT2D eigenvalue weighted by molar-refractivity contribution is 7.19. The molecule has 0 fully saturated rings. The van der Waals surface area contributed by atoms with E-state index in [1.807, 2.05) is 32.0 Å². The third-order valence-electron chi connectivity index (χ3n) is 1.77. The predicted molar refractivity (Wildman–Crippen MR) is 62.6 cm³/mol. The van der Waals surface area contributed by atoms with Gasteiger partial charge in [0.1, 0.15) is 0 Å². The fourth-order valence-electron chi connectivity index (χ4n) is 1.25. The molecule has 2 rings (SSSR count). The van der Waals surface area contributed by atoms with Crippen LogP contribution in [-0.4, -0.2) is 0 Å². The molecule has 1 aromatic carbocycles. The smallest absolute Gasteiger partial charge is 0.0991 e. The van der Waals surface area contributed by atoms with E-state index in [0.29, 0.717) is 0 Å². The lowest BCUT2D eigenvalue weighted by Gasteiger charge is -1.87. The largest absolute Gasteiger partial charge is 0.192 e. The summed E-state index contributed by atoms with van der Waals surface area (Å²) in [5.74, 6) is 0. The Morgan fingerprint density at radius 2 is 1.93 bits per heavy atom. The number of hydrogen-bond donors (Lipinski definition) is 0. The van der Waals surface area contributed by atoms with E-state index in [0.717, 1.165) is 5.56 Å². The third kappa shape index (κ3) is 2.12. The highest BCUT2D eigenvalue weighted by Gasteiger charge is 1.98. The molecular formula is C12H13NS. The highest BCUT2D eigenvalue weighted by Crippen LogP contribution is 2.25. The van der Waals surface area contributed by atoms with Gasteiger partial charge in [0, 0.05) is 9.58 Å². The monoisotopic (exact) mass is 203 g/mol. The molecule has 72 valence electrons. The van der Waals surface area contributed by atoms with Crippen molar-refractivity contribution in [2.75, 3.05) is 0 Å². The quantitative estimate of drug-likeness (QED) is 0.632. The average molecular weight is 203 g/mol. The molecule has 0 saturated heterocycles. The molecule has 0 aliphatic rings. The van der Waals surface area contributed by atoms with Gasteiger partial charge in [-0.2, -0.15) is 5.26 Å². The number of thiophene rings is 1. The van der Waals surface area contributed by atoms with Gasteiger partial charge in [0.15, 0.2) is 0 Å². The van der Waals surface area contributed by atoms with Crippen molar-refractivity contribution in [3.8, 4) is 6.07 Å². The zero-order chi connectivity index (χ0) is 10.6. The second-order valence-corrected chi connectivity index (χ2v) is 4.01. The van der Waals surface area contributed by atoms with Crippen LogP contribution in [-0.2, 0) is 0 Å². The Hall–Kier alpha value is -1.33. The minimum absolute atomic E-state index is 0.736. The van der Waals surface area contributed by atoms with Crippen LogP contribution in [0.15, 0.2) is 24.3 Å². The van der Waals surface area contributed by atoms with Crippen LogP contribution in [0.4, 0.5) is 0 Å². The lowest BCUT2D eigenvalue weighted by Crippen LogP contribution is -1.69. The molecule has 0 unspecified atom stereocenters. The fourth-order valence-corrected chi connectivity index (χ4v) is 2.15. The van der Waals surface area contributed by atoms with Crippen LogP contribution in [0.25, 0.3) is 10.1 Å². The summed E-state index contributed by atoms with van der Waals surface area (Å²) in [5.41, 5.74) is 0.736. The molecule has 14 heavy (non-hydrogen) atoms. The van der Waals surface area contributed by atoms with E-state index in [1.54, 1.807) is 11.3 Å². The van der Waals surface area contributed by atoms with E-state index in [4.69, 9.17) is 5.26 Å². The SMILES string of the molecule is CC.Cc1cc2cc(C#N)ccc2s1. The molecule has 0 bridgehead atoms. The zero-order valence-electron chi connectivity index (χ0n) is 8.66. The van der Waals surface area contributed by atoms with Crippen molar-refractivity contribution in [3.05, 3.63) is 34.7 Å². The normalized spacial score (nSPS) is 9.00. The first-order valence-electron chi connectivity index (χ1n) is 4.70. The van der Waals surface area contributed by atoms with Crippen LogP contribution in [0.1, 0.15) is 24.3 Å². The number of nitriles is 1. The van der Waals surface area contributed by atoms with Gasteiger partial charge in [-0.3, -0.25) is 0 Å². The minimum Gasteiger partial charge on any atom is -0.192 e. The number of fused-ring (bicyclic) bond motifs is 1. The Labute approximate surface area is 88.6 Å². The Balaban J connectivity index is 0.000000461. The molecule has 0 spiro atoms. The van der Waals surface area contributed by atoms with Gasteiger partial charge < -0.3 is 0 Å². The molecule has 0 amide bonds. The lowest BCUT2D eigenvalue weighted by atomic mass is 10.2. The van der Waals surface area contributed by atoms with Crippen molar-refractivity contribution in [1.29, 1.82) is 5.26 Å². The molecule has 1 aromatic heterocycles. The van der Waals surface area contributed by atoms with E-state index >= 15 is 0 Å². The number of benzene rings is 1. The van der Waals surface area contributed by atoms with Crippen LogP contribution in [0.5, 0.6) is 0 Å². The zero-order valence-corrected chi connectivity index (χ0v) is 9.48. The van der Waals surface area contributed by atoms with Crippen LogP contribution in [0, 0.1) is 18.3 Å². The highest BCUT2D eigenvalue weighted by atomic mass is 32.1. The maximum absolute atomic E-state index is 8.66. The van der Waals surface area contributed by atoms with E-state index in [9.17, 15) is 0 Å². The molecule has 0 radical (unpaired) electrons. The van der Waals surface area contributed by atoms with Gasteiger partial charge in [-0.05, 0) is 36.6 Å². The number of nitrogens with zero attached hydrogens (tertiary/aromatic N) is 1. The van der Waals surface area contributed by atoms with Gasteiger partial charge in [-0.25, -0.2) is 0 Å². The van der Waals surface area contributed by atoms with Crippen LogP contribution >= 0.6 is 11.3 Å². The van der Waals surface area contributed by atoms with Crippen molar-refractivity contribution in [2.24, 2.45) is 0 Å². The van der Waals surface area contributed by atoms with Gasteiger partial charge in [-0.1, -0.05) is 13.8 Å². The summed E-state index contributed by atoms with van der Waals surface area (Å²) < 4.78 is 1.26. The molecule has 0 atom stereocenters. The van der Waals surface area contributed by atoms with Crippen molar-refractivity contribution >= 4 is 21.4 Å². The van der Waals surface area contributed by atoms with Crippen molar-refractivity contribution in [3.63, 3.8) is 0 Å². The van der Waals surface area contributed by atoms with Gasteiger partial charge in [0.2, 0.25) is 0 Å². The summed E-state index contributed by atoms with van der Waals surface area (Å²) in [7, 11) is 0. The van der Waals surface area contributed by atoms with Gasteiger partial charge in [0.05, 0.1) is 11.6 Å². The Morgan fingerprint density at radius 1 is 1.21 bits per heavy atom. The second kappa shape index (κ2) is 4.78. The van der Waals surface area contributed by atoms with E-state index < -0.39 is 0 Å². The Kier molecular flexibility index (Phi) is 3.67.